The number of hydrogen-bond donors (Lipinski definition) is 3. The summed E-state index contributed by atoms with van der Waals surface area (Å²) in [6.45, 7) is 9.86. The fourth-order valence-electron chi connectivity index (χ4n) is 6.50. The largest absolute Gasteiger partial charge is 0.459 e. The van der Waals surface area contributed by atoms with Crippen LogP contribution in [0.1, 0.15) is 34.6 Å². The SMILES string of the molecule is C=C1/C=C\[C@H](OC(C)=O)[C@@]2(C)[C@@H](O)[C@@H](OC(C)=O)[C@@H](O)[C@]3(CO3)[C@@H]2[C@@H](OC(C)=O)[C@]2(O)[C@@H](C)C(=O)O[C@H]2[C@H]1Cl. The quantitative estimate of drug-likeness (QED) is 0.178. The van der Waals surface area contributed by atoms with E-state index < -0.39 is 94.3 Å². The van der Waals surface area contributed by atoms with Gasteiger partial charge in [0.1, 0.15) is 30.0 Å². The summed E-state index contributed by atoms with van der Waals surface area (Å²) in [6.07, 6.45) is -6.74. The summed E-state index contributed by atoms with van der Waals surface area (Å²) in [7, 11) is 0. The highest BCUT2D eigenvalue weighted by Crippen LogP contribution is 2.62. The van der Waals surface area contributed by atoms with Crippen LogP contribution in [0.25, 0.3) is 0 Å². The van der Waals surface area contributed by atoms with E-state index in [-0.39, 0.29) is 12.2 Å². The number of alkyl halides is 1. The van der Waals surface area contributed by atoms with E-state index in [1.165, 1.54) is 26.0 Å². The van der Waals surface area contributed by atoms with E-state index in [2.05, 4.69) is 6.58 Å². The van der Waals surface area contributed by atoms with Gasteiger partial charge in [-0.3, -0.25) is 19.2 Å². The van der Waals surface area contributed by atoms with Gasteiger partial charge in [0.25, 0.3) is 0 Å². The van der Waals surface area contributed by atoms with Crippen molar-refractivity contribution in [2.45, 2.75) is 87.8 Å². The lowest BCUT2D eigenvalue weighted by Crippen LogP contribution is -2.75. The summed E-state index contributed by atoms with van der Waals surface area (Å²) in [5.74, 6) is -5.94. The zero-order valence-electron chi connectivity index (χ0n) is 22.2. The number of rotatable bonds is 3. The van der Waals surface area contributed by atoms with Gasteiger partial charge in [-0.25, -0.2) is 0 Å². The first-order valence-corrected chi connectivity index (χ1v) is 12.9. The Kier molecular flexibility index (Phi) is 7.44. The first-order valence-electron chi connectivity index (χ1n) is 12.5. The molecule has 0 bridgehead atoms. The van der Waals surface area contributed by atoms with E-state index in [0.717, 1.165) is 20.8 Å². The Labute approximate surface area is 229 Å². The lowest BCUT2D eigenvalue weighted by molar-refractivity contribution is -0.274. The average Bonchev–Trinajstić information content (AvgIpc) is 3.60. The topological polar surface area (TPSA) is 178 Å². The number of allylic oxidation sites excluding steroid dienone is 1. The maximum absolute atomic E-state index is 12.9. The van der Waals surface area contributed by atoms with Crippen molar-refractivity contribution in [1.82, 2.24) is 0 Å². The average molecular weight is 573 g/mol. The Balaban J connectivity index is 2.07. The van der Waals surface area contributed by atoms with E-state index in [1.54, 1.807) is 0 Å². The molecule has 1 spiro atoms. The molecule has 12 nitrogen and oxygen atoms in total. The van der Waals surface area contributed by atoms with Crippen LogP contribution in [-0.4, -0.2) is 99.0 Å². The summed E-state index contributed by atoms with van der Waals surface area (Å²) in [4.78, 5) is 49.7. The van der Waals surface area contributed by atoms with Gasteiger partial charge in [0, 0.05) is 32.1 Å². The minimum atomic E-state index is -2.33. The normalized spacial score (nSPS) is 47.8. The molecule has 0 aromatic rings. The molecule has 3 fully saturated rings. The van der Waals surface area contributed by atoms with E-state index in [4.69, 9.17) is 35.3 Å². The predicted molar refractivity (Wildman–Crippen MR) is 131 cm³/mol. The molecule has 0 aromatic heterocycles. The fourth-order valence-corrected chi connectivity index (χ4v) is 6.82. The number of carbonyl (C=O) groups excluding carboxylic acids is 4. The maximum Gasteiger partial charge on any atom is 0.312 e. The van der Waals surface area contributed by atoms with Crippen LogP contribution in [0, 0.1) is 17.3 Å². The standard InChI is InChI=1S/C26H33ClO12/c1-10-7-8-15(36-12(3)28)24(6)18(25(9-35-25)20(32)17(19(24)31)37-13(4)29)22(38-14(5)30)26(34)11(2)23(33)39-21(26)16(10)27/h7-8,11,15-22,31-32,34H,1,9H2,2-6H3/b8-7-/t11-,15-,16-,17+,18+,19-,20+,21-,22+,24+,25-,26-/m0/s1. The number of epoxide rings is 1. The molecular formula is C26H33ClO12. The van der Waals surface area contributed by atoms with Gasteiger partial charge < -0.3 is 39.0 Å². The van der Waals surface area contributed by atoms with E-state index in [9.17, 15) is 34.5 Å². The molecule has 2 saturated heterocycles. The van der Waals surface area contributed by atoms with Crippen LogP contribution in [-0.2, 0) is 42.9 Å². The van der Waals surface area contributed by atoms with Crippen LogP contribution in [0.5, 0.6) is 0 Å². The Morgan fingerprint density at radius 1 is 1.08 bits per heavy atom. The lowest BCUT2D eigenvalue weighted by Gasteiger charge is -2.58. The first kappa shape index (κ1) is 29.5. The molecule has 3 N–H and O–H groups in total. The Morgan fingerprint density at radius 3 is 2.15 bits per heavy atom. The zero-order chi connectivity index (χ0) is 29.2. The van der Waals surface area contributed by atoms with Crippen LogP contribution < -0.4 is 0 Å². The summed E-state index contributed by atoms with van der Waals surface area (Å²) in [5, 5.41) is 34.3. The van der Waals surface area contributed by atoms with Crippen LogP contribution in [0.2, 0.25) is 0 Å². The number of ether oxygens (including phenoxy) is 5. The molecule has 1 saturated carbocycles. The second kappa shape index (κ2) is 9.84. The summed E-state index contributed by atoms with van der Waals surface area (Å²) < 4.78 is 28.0. The number of aliphatic hydroxyl groups is 3. The molecule has 2 aliphatic heterocycles. The Bertz CT molecular complexity index is 1120. The molecule has 39 heavy (non-hydrogen) atoms. The van der Waals surface area contributed by atoms with Gasteiger partial charge in [0.15, 0.2) is 17.8 Å². The third-order valence-corrected chi connectivity index (χ3v) is 9.05. The lowest BCUT2D eigenvalue weighted by atomic mass is 9.51. The molecule has 0 radical (unpaired) electrons. The van der Waals surface area contributed by atoms with Crippen molar-refractivity contribution in [3.05, 3.63) is 24.3 Å². The molecular weight excluding hydrogens is 540 g/mol. The Hall–Kier alpha value is -2.51. The number of aliphatic hydroxyl groups excluding tert-OH is 2. The summed E-state index contributed by atoms with van der Waals surface area (Å²) in [6, 6.07) is 0. The number of hydrogen-bond acceptors (Lipinski definition) is 12. The third-order valence-electron chi connectivity index (χ3n) is 8.55. The molecule has 13 heteroatoms. The van der Waals surface area contributed by atoms with Gasteiger partial charge in [-0.05, 0) is 18.6 Å². The van der Waals surface area contributed by atoms with Crippen molar-refractivity contribution in [2.24, 2.45) is 17.3 Å². The molecule has 4 rings (SSSR count). The number of halogens is 1. The van der Waals surface area contributed by atoms with Crippen molar-refractivity contribution in [1.29, 1.82) is 0 Å². The highest BCUT2D eigenvalue weighted by Gasteiger charge is 2.79. The van der Waals surface area contributed by atoms with Crippen molar-refractivity contribution in [3.63, 3.8) is 0 Å². The molecule has 0 amide bonds. The molecule has 2 aliphatic carbocycles. The van der Waals surface area contributed by atoms with Crippen molar-refractivity contribution >= 4 is 35.5 Å². The van der Waals surface area contributed by atoms with Gasteiger partial charge >= 0.3 is 23.9 Å². The van der Waals surface area contributed by atoms with Gasteiger partial charge in [-0.15, -0.1) is 11.6 Å². The van der Waals surface area contributed by atoms with Crippen molar-refractivity contribution in [2.75, 3.05) is 6.61 Å². The van der Waals surface area contributed by atoms with E-state index in [1.807, 2.05) is 0 Å². The number of carbonyl (C=O) groups is 4. The zero-order valence-corrected chi connectivity index (χ0v) is 22.9. The highest BCUT2D eigenvalue weighted by atomic mass is 35.5. The van der Waals surface area contributed by atoms with Crippen LogP contribution in [0.15, 0.2) is 24.3 Å². The molecule has 4 aliphatic rings. The second-order valence-electron chi connectivity index (χ2n) is 10.9. The van der Waals surface area contributed by atoms with Crippen LogP contribution in [0.4, 0.5) is 0 Å². The molecule has 12 atom stereocenters. The minimum Gasteiger partial charge on any atom is -0.459 e. The van der Waals surface area contributed by atoms with Crippen molar-refractivity contribution < 1.29 is 58.2 Å². The molecule has 0 unspecified atom stereocenters. The van der Waals surface area contributed by atoms with Gasteiger partial charge in [0.2, 0.25) is 0 Å². The van der Waals surface area contributed by atoms with Crippen LogP contribution >= 0.6 is 11.6 Å². The van der Waals surface area contributed by atoms with E-state index in [0.29, 0.717) is 0 Å². The first-order chi connectivity index (χ1) is 18.0. The molecule has 2 heterocycles. The fraction of sp³-hybridized carbons (Fsp3) is 0.692. The van der Waals surface area contributed by atoms with Crippen LogP contribution in [0.3, 0.4) is 0 Å². The highest BCUT2D eigenvalue weighted by molar-refractivity contribution is 6.23. The number of esters is 4. The number of fused-ring (bicyclic) bond motifs is 3. The van der Waals surface area contributed by atoms with Gasteiger partial charge in [-0.2, -0.15) is 0 Å². The summed E-state index contributed by atoms with van der Waals surface area (Å²) in [5.41, 5.74) is -5.63. The molecule has 0 aromatic carbocycles. The van der Waals surface area contributed by atoms with Gasteiger partial charge in [0.05, 0.1) is 17.9 Å². The molecule has 216 valence electrons. The second-order valence-corrected chi connectivity index (χ2v) is 11.4. The minimum absolute atomic E-state index is 0.155. The monoisotopic (exact) mass is 572 g/mol. The Morgan fingerprint density at radius 2 is 1.64 bits per heavy atom. The third kappa shape index (κ3) is 4.37. The predicted octanol–water partition coefficient (Wildman–Crippen LogP) is -0.0656. The summed E-state index contributed by atoms with van der Waals surface area (Å²) >= 11 is 6.66. The van der Waals surface area contributed by atoms with Crippen molar-refractivity contribution in [3.8, 4) is 0 Å². The van der Waals surface area contributed by atoms with Gasteiger partial charge in [-0.1, -0.05) is 19.6 Å². The van der Waals surface area contributed by atoms with E-state index >= 15 is 0 Å². The smallest absolute Gasteiger partial charge is 0.312 e. The maximum atomic E-state index is 12.9.